The molecule has 1 amide bonds. The number of nitrogens with one attached hydrogen (secondary N) is 2. The Morgan fingerprint density at radius 3 is 2.43 bits per heavy atom. The van der Waals surface area contributed by atoms with E-state index in [1.807, 2.05) is 48.5 Å². The van der Waals surface area contributed by atoms with Crippen LogP contribution in [0.15, 0.2) is 90.1 Å². The zero-order chi connectivity index (χ0) is 25.3. The number of aromatic nitrogens is 2. The van der Waals surface area contributed by atoms with Crippen LogP contribution in [0.5, 0.6) is 0 Å². The summed E-state index contributed by atoms with van der Waals surface area (Å²) in [6.07, 6.45) is 0. The van der Waals surface area contributed by atoms with Crippen molar-refractivity contribution in [3.8, 4) is 16.9 Å². The predicted molar refractivity (Wildman–Crippen MR) is 133 cm³/mol. The van der Waals surface area contributed by atoms with Crippen LogP contribution < -0.4 is 10.6 Å². The van der Waals surface area contributed by atoms with Crippen LogP contribution in [0, 0.1) is 10.1 Å². The van der Waals surface area contributed by atoms with E-state index in [4.69, 9.17) is 9.84 Å². The molecule has 2 N–H and O–H groups in total. The minimum atomic E-state index is -1.50. The first-order valence-electron chi connectivity index (χ1n) is 11.5. The Kier molecular flexibility index (Phi) is 4.20. The van der Waals surface area contributed by atoms with Gasteiger partial charge in [0.05, 0.1) is 27.6 Å². The van der Waals surface area contributed by atoms with Crippen LogP contribution in [-0.2, 0) is 19.7 Å². The van der Waals surface area contributed by atoms with Crippen molar-refractivity contribution < 1.29 is 19.2 Å². The summed E-state index contributed by atoms with van der Waals surface area (Å²) in [4.78, 5) is 37.9. The largest absolute Gasteiger partial charge is 0.456 e. The number of hydrogen-bond donors (Lipinski definition) is 2. The molecule has 10 heteroatoms. The summed E-state index contributed by atoms with van der Waals surface area (Å²) in [6.45, 7) is -0.0169. The predicted octanol–water partition coefficient (Wildman–Crippen LogP) is 3.92. The van der Waals surface area contributed by atoms with Crippen LogP contribution in [0.4, 0.5) is 17.2 Å². The summed E-state index contributed by atoms with van der Waals surface area (Å²) < 4.78 is 7.04. The average Bonchev–Trinajstić information content (AvgIpc) is 3.57. The van der Waals surface area contributed by atoms with Crippen molar-refractivity contribution in [2.75, 3.05) is 17.2 Å². The number of non-ortho nitro benzene ring substituents is 1. The van der Waals surface area contributed by atoms with Crippen LogP contribution >= 0.6 is 0 Å². The van der Waals surface area contributed by atoms with Crippen molar-refractivity contribution in [1.29, 1.82) is 0 Å². The van der Waals surface area contributed by atoms with Crippen LogP contribution in [0.3, 0.4) is 0 Å². The third kappa shape index (κ3) is 2.72. The van der Waals surface area contributed by atoms with E-state index in [9.17, 15) is 19.7 Å². The Labute approximate surface area is 209 Å². The lowest BCUT2D eigenvalue weighted by Crippen LogP contribution is -2.43. The van der Waals surface area contributed by atoms with E-state index in [0.29, 0.717) is 39.7 Å². The lowest BCUT2D eigenvalue weighted by molar-refractivity contribution is -0.384. The van der Waals surface area contributed by atoms with Crippen LogP contribution in [0.25, 0.3) is 16.9 Å². The molecule has 1 aromatic heterocycles. The molecule has 180 valence electrons. The standard InChI is InChI=1S/C27H17N5O5/c33-25-21-20(14-37-25)28-24-22(27(21)18-8-4-5-9-19(18)29-26(27)34)23(15-6-2-1-3-7-15)30-31(24)16-10-12-17(13-11-16)32(35)36/h1-13,28H,14H2,(H,29,34). The number of benzene rings is 3. The first-order valence-corrected chi connectivity index (χ1v) is 11.5. The van der Waals surface area contributed by atoms with Crippen LogP contribution in [-0.4, -0.2) is 33.2 Å². The van der Waals surface area contributed by atoms with Crippen molar-refractivity contribution in [2.24, 2.45) is 0 Å². The zero-order valence-corrected chi connectivity index (χ0v) is 19.1. The maximum absolute atomic E-state index is 14.0. The number of para-hydroxylation sites is 1. The fourth-order valence-corrected chi connectivity index (χ4v) is 5.49. The highest BCUT2D eigenvalue weighted by Crippen LogP contribution is 2.57. The quantitative estimate of drug-likeness (QED) is 0.252. The van der Waals surface area contributed by atoms with E-state index < -0.39 is 16.3 Å². The van der Waals surface area contributed by atoms with Gasteiger partial charge in [-0.25, -0.2) is 9.48 Å². The molecule has 0 saturated carbocycles. The lowest BCUT2D eigenvalue weighted by atomic mass is 9.67. The molecule has 4 heterocycles. The molecule has 10 nitrogen and oxygen atoms in total. The lowest BCUT2D eigenvalue weighted by Gasteiger charge is -2.33. The number of nitrogens with zero attached hydrogens (tertiary/aromatic N) is 3. The van der Waals surface area contributed by atoms with Crippen molar-refractivity contribution in [3.63, 3.8) is 0 Å². The second kappa shape index (κ2) is 7.37. The molecule has 0 radical (unpaired) electrons. The molecule has 0 aliphatic carbocycles. The van der Waals surface area contributed by atoms with Gasteiger partial charge >= 0.3 is 5.97 Å². The highest BCUT2D eigenvalue weighted by Gasteiger charge is 2.61. The van der Waals surface area contributed by atoms with Crippen LogP contribution in [0.1, 0.15) is 11.1 Å². The Morgan fingerprint density at radius 1 is 0.946 bits per heavy atom. The molecule has 0 bridgehead atoms. The van der Waals surface area contributed by atoms with Gasteiger partial charge in [0, 0.05) is 34.5 Å². The minimum absolute atomic E-state index is 0.0169. The number of carbonyl (C=O) groups excluding carboxylic acids is 2. The highest BCUT2D eigenvalue weighted by molar-refractivity contribution is 6.19. The summed E-state index contributed by atoms with van der Waals surface area (Å²) in [6, 6.07) is 22.6. The van der Waals surface area contributed by atoms with E-state index in [2.05, 4.69) is 10.6 Å². The number of nitro groups is 1. The fraction of sp³-hybridized carbons (Fsp3) is 0.0741. The number of ether oxygens (including phenoxy) is 1. The molecular formula is C27H17N5O5. The van der Waals surface area contributed by atoms with E-state index in [1.165, 1.54) is 12.1 Å². The van der Waals surface area contributed by atoms with Gasteiger partial charge in [-0.2, -0.15) is 5.10 Å². The monoisotopic (exact) mass is 491 g/mol. The second-order valence-corrected chi connectivity index (χ2v) is 8.93. The van der Waals surface area contributed by atoms with Crippen molar-refractivity contribution in [2.45, 2.75) is 5.41 Å². The molecular weight excluding hydrogens is 474 g/mol. The molecule has 0 fully saturated rings. The number of esters is 1. The molecule has 3 aromatic carbocycles. The molecule has 7 rings (SSSR count). The van der Waals surface area contributed by atoms with E-state index in [-0.39, 0.29) is 23.8 Å². The maximum atomic E-state index is 14.0. The molecule has 1 unspecified atom stereocenters. The Balaban J connectivity index is 1.59. The maximum Gasteiger partial charge on any atom is 0.338 e. The van der Waals surface area contributed by atoms with Gasteiger partial charge < -0.3 is 15.4 Å². The number of anilines is 2. The molecule has 37 heavy (non-hydrogen) atoms. The number of fused-ring (bicyclic) bond motifs is 5. The fourth-order valence-electron chi connectivity index (χ4n) is 5.49. The van der Waals surface area contributed by atoms with Gasteiger partial charge in [0.1, 0.15) is 17.8 Å². The van der Waals surface area contributed by atoms with E-state index in [1.54, 1.807) is 22.9 Å². The van der Waals surface area contributed by atoms with Crippen molar-refractivity contribution in [1.82, 2.24) is 9.78 Å². The Bertz CT molecular complexity index is 1690. The van der Waals surface area contributed by atoms with Gasteiger partial charge in [0.2, 0.25) is 5.91 Å². The second-order valence-electron chi connectivity index (χ2n) is 8.93. The third-order valence-electron chi connectivity index (χ3n) is 7.03. The van der Waals surface area contributed by atoms with Gasteiger partial charge in [-0.05, 0) is 18.2 Å². The number of amides is 1. The highest BCUT2D eigenvalue weighted by atomic mass is 16.6. The molecule has 1 spiro atoms. The number of carbonyl (C=O) groups is 2. The average molecular weight is 491 g/mol. The van der Waals surface area contributed by atoms with Crippen molar-refractivity contribution in [3.05, 3.63) is 111 Å². The number of hydrogen-bond acceptors (Lipinski definition) is 7. The van der Waals surface area contributed by atoms with Gasteiger partial charge in [-0.15, -0.1) is 0 Å². The summed E-state index contributed by atoms with van der Waals surface area (Å²) in [7, 11) is 0. The number of cyclic esters (lactones) is 1. The minimum Gasteiger partial charge on any atom is -0.456 e. The first kappa shape index (κ1) is 21.1. The first-order chi connectivity index (χ1) is 18.0. The van der Waals surface area contributed by atoms with Gasteiger partial charge in [0.15, 0.2) is 0 Å². The van der Waals surface area contributed by atoms with Gasteiger partial charge in [0.25, 0.3) is 5.69 Å². The third-order valence-corrected chi connectivity index (χ3v) is 7.03. The summed E-state index contributed by atoms with van der Waals surface area (Å²) >= 11 is 0. The topological polar surface area (TPSA) is 128 Å². The van der Waals surface area contributed by atoms with Gasteiger partial charge in [-0.1, -0.05) is 48.5 Å². The summed E-state index contributed by atoms with van der Waals surface area (Å²) in [5.74, 6) is -0.457. The van der Waals surface area contributed by atoms with Gasteiger partial charge in [-0.3, -0.25) is 14.9 Å². The molecule has 1 atom stereocenters. The number of nitro benzene ring substituents is 1. The smallest absolute Gasteiger partial charge is 0.338 e. The summed E-state index contributed by atoms with van der Waals surface area (Å²) in [5, 5.41) is 22.4. The molecule has 0 saturated heterocycles. The molecule has 3 aliphatic rings. The van der Waals surface area contributed by atoms with E-state index >= 15 is 0 Å². The Morgan fingerprint density at radius 2 is 1.68 bits per heavy atom. The SMILES string of the molecule is O=C1OCC2=C1C1(C(=O)Nc3ccccc31)c1c(-c3ccccc3)nn(-c3ccc([N+](=O)[O-])cc3)c1N2. The Hall–Kier alpha value is -5.25. The van der Waals surface area contributed by atoms with E-state index in [0.717, 1.165) is 5.56 Å². The normalized spacial score (nSPS) is 19.1. The summed E-state index contributed by atoms with van der Waals surface area (Å²) in [5.41, 5.74) is 2.71. The number of rotatable bonds is 3. The molecule has 3 aliphatic heterocycles. The van der Waals surface area contributed by atoms with Crippen LogP contribution in [0.2, 0.25) is 0 Å². The van der Waals surface area contributed by atoms with Crippen molar-refractivity contribution >= 4 is 29.1 Å². The molecule has 4 aromatic rings. The zero-order valence-electron chi connectivity index (χ0n) is 19.1.